The zero-order chi connectivity index (χ0) is 21.6. The van der Waals surface area contributed by atoms with Crippen LogP contribution < -0.4 is 19.9 Å². The Morgan fingerprint density at radius 3 is 2.32 bits per heavy atom. The molecule has 0 aliphatic carbocycles. The van der Waals surface area contributed by atoms with Gasteiger partial charge in [0.15, 0.2) is 6.54 Å². The van der Waals surface area contributed by atoms with E-state index >= 15 is 0 Å². The average Bonchev–Trinajstić information content (AvgIpc) is 2.80. The Bertz CT molecular complexity index is 1010. The molecule has 3 aromatic carbocycles. The lowest BCUT2D eigenvalue weighted by atomic mass is 10.0. The molecule has 0 saturated carbocycles. The Balaban J connectivity index is 1.23. The van der Waals surface area contributed by atoms with Crippen molar-refractivity contribution in [3.05, 3.63) is 77.9 Å². The zero-order valence-corrected chi connectivity index (χ0v) is 18.5. The number of carbonyl (C=O) groups is 1. The molecule has 5 heteroatoms. The molecule has 162 valence electrons. The van der Waals surface area contributed by atoms with Gasteiger partial charge in [-0.05, 0) is 53.6 Å². The molecule has 0 bridgehead atoms. The molecular formula is C26H33N3O2+2. The quantitative estimate of drug-likeness (QED) is 0.535. The number of carbonyl (C=O) groups excluding carboxylic acids is 1. The van der Waals surface area contributed by atoms with Gasteiger partial charge in [-0.3, -0.25) is 4.79 Å². The van der Waals surface area contributed by atoms with E-state index in [0.717, 1.165) is 44.0 Å². The summed E-state index contributed by atoms with van der Waals surface area (Å²) >= 11 is 0. The van der Waals surface area contributed by atoms with E-state index in [0.29, 0.717) is 6.54 Å². The van der Waals surface area contributed by atoms with E-state index in [-0.39, 0.29) is 11.9 Å². The molecule has 1 saturated heterocycles. The molecule has 3 N–H and O–H groups in total. The lowest BCUT2D eigenvalue weighted by Gasteiger charge is -2.29. The van der Waals surface area contributed by atoms with Crippen LogP contribution in [0.1, 0.15) is 24.1 Å². The number of nitrogens with one attached hydrogen (secondary N) is 3. The third-order valence-electron chi connectivity index (χ3n) is 6.34. The Hall–Kier alpha value is -2.89. The maximum absolute atomic E-state index is 12.6. The predicted octanol–water partition coefficient (Wildman–Crippen LogP) is 1.01. The van der Waals surface area contributed by atoms with Crippen LogP contribution >= 0.6 is 0 Å². The molecule has 1 amide bonds. The van der Waals surface area contributed by atoms with Crippen molar-refractivity contribution >= 4 is 16.7 Å². The third kappa shape index (κ3) is 5.63. The van der Waals surface area contributed by atoms with Crippen molar-refractivity contribution in [3.63, 3.8) is 0 Å². The average molecular weight is 420 g/mol. The van der Waals surface area contributed by atoms with E-state index in [9.17, 15) is 4.79 Å². The van der Waals surface area contributed by atoms with Crippen molar-refractivity contribution in [1.29, 1.82) is 0 Å². The summed E-state index contributed by atoms with van der Waals surface area (Å²) in [5.41, 5.74) is 2.48. The predicted molar refractivity (Wildman–Crippen MR) is 123 cm³/mol. The summed E-state index contributed by atoms with van der Waals surface area (Å²) in [5.74, 6) is 1.03. The number of rotatable bonds is 7. The zero-order valence-electron chi connectivity index (χ0n) is 18.5. The van der Waals surface area contributed by atoms with Crippen molar-refractivity contribution < 1.29 is 19.3 Å². The minimum Gasteiger partial charge on any atom is -0.497 e. The van der Waals surface area contributed by atoms with Crippen molar-refractivity contribution in [2.24, 2.45) is 0 Å². The molecule has 5 nitrogen and oxygen atoms in total. The second kappa shape index (κ2) is 9.94. The van der Waals surface area contributed by atoms with Crippen LogP contribution in [0.25, 0.3) is 10.8 Å². The first-order valence-electron chi connectivity index (χ1n) is 11.2. The smallest absolute Gasteiger partial charge is 0.275 e. The van der Waals surface area contributed by atoms with Crippen LogP contribution in [0.2, 0.25) is 0 Å². The molecule has 0 unspecified atom stereocenters. The maximum Gasteiger partial charge on any atom is 0.275 e. The number of methoxy groups -OCH3 is 1. The number of benzene rings is 3. The van der Waals surface area contributed by atoms with Gasteiger partial charge in [0.05, 0.1) is 13.2 Å². The summed E-state index contributed by atoms with van der Waals surface area (Å²) in [5, 5.41) is 5.63. The first kappa shape index (κ1) is 21.3. The third-order valence-corrected chi connectivity index (χ3v) is 6.34. The van der Waals surface area contributed by atoms with Crippen molar-refractivity contribution in [2.75, 3.05) is 39.8 Å². The normalized spacial score (nSPS) is 19.7. The molecule has 1 heterocycles. The Kier molecular flexibility index (Phi) is 6.85. The van der Waals surface area contributed by atoms with Crippen LogP contribution in [0, 0.1) is 0 Å². The second-order valence-corrected chi connectivity index (χ2v) is 8.60. The Morgan fingerprint density at radius 2 is 1.61 bits per heavy atom. The largest absolute Gasteiger partial charge is 0.497 e. The number of hydrogen-bond acceptors (Lipinski definition) is 2. The van der Waals surface area contributed by atoms with E-state index in [1.807, 2.05) is 12.1 Å². The molecule has 4 rings (SSSR count). The molecule has 1 atom stereocenters. The number of hydrogen-bond donors (Lipinski definition) is 3. The van der Waals surface area contributed by atoms with Gasteiger partial charge in [-0.1, -0.05) is 36.4 Å². The highest BCUT2D eigenvalue weighted by atomic mass is 16.5. The minimum atomic E-state index is 0.0125. The van der Waals surface area contributed by atoms with E-state index in [4.69, 9.17) is 4.74 Å². The topological polar surface area (TPSA) is 47.2 Å². The van der Waals surface area contributed by atoms with Gasteiger partial charge in [-0.2, -0.15) is 0 Å². The SMILES string of the molecule is COc1ccc(C[NH+]2CC[NH+](CC(=O)N[C@H](C)c3ccc4ccccc4c3)CC2)cc1. The maximum atomic E-state index is 12.6. The Labute approximate surface area is 184 Å². The van der Waals surface area contributed by atoms with Gasteiger partial charge >= 0.3 is 0 Å². The van der Waals surface area contributed by atoms with E-state index in [1.54, 1.807) is 12.0 Å². The summed E-state index contributed by atoms with van der Waals surface area (Å²) in [4.78, 5) is 15.6. The van der Waals surface area contributed by atoms with Crippen LogP contribution in [0.5, 0.6) is 5.75 Å². The van der Waals surface area contributed by atoms with Crippen LogP contribution in [-0.2, 0) is 11.3 Å². The molecule has 1 fully saturated rings. The number of fused-ring (bicyclic) bond motifs is 1. The fourth-order valence-corrected chi connectivity index (χ4v) is 4.42. The molecule has 3 aromatic rings. The van der Waals surface area contributed by atoms with Gasteiger partial charge in [0, 0.05) is 5.56 Å². The van der Waals surface area contributed by atoms with Crippen molar-refractivity contribution in [1.82, 2.24) is 5.32 Å². The fraction of sp³-hybridized carbons (Fsp3) is 0.346. The number of amides is 1. The number of piperazine rings is 1. The summed E-state index contributed by atoms with van der Waals surface area (Å²) in [6.45, 7) is 7.89. The van der Waals surface area contributed by atoms with Gasteiger partial charge in [0.1, 0.15) is 38.5 Å². The summed E-state index contributed by atoms with van der Waals surface area (Å²) in [6, 6.07) is 23.1. The second-order valence-electron chi connectivity index (χ2n) is 8.60. The highest BCUT2D eigenvalue weighted by Crippen LogP contribution is 2.20. The van der Waals surface area contributed by atoms with Gasteiger partial charge in [-0.15, -0.1) is 0 Å². The molecule has 31 heavy (non-hydrogen) atoms. The van der Waals surface area contributed by atoms with Crippen molar-refractivity contribution in [3.8, 4) is 5.75 Å². The molecule has 1 aliphatic rings. The molecular weight excluding hydrogens is 386 g/mol. The first-order valence-corrected chi connectivity index (χ1v) is 11.2. The highest BCUT2D eigenvalue weighted by molar-refractivity contribution is 5.83. The molecule has 0 radical (unpaired) electrons. The van der Waals surface area contributed by atoms with Crippen molar-refractivity contribution in [2.45, 2.75) is 19.5 Å². The molecule has 1 aliphatic heterocycles. The number of quaternary nitrogens is 2. The minimum absolute atomic E-state index is 0.0125. The van der Waals surface area contributed by atoms with Gasteiger partial charge in [0.25, 0.3) is 5.91 Å². The van der Waals surface area contributed by atoms with Gasteiger partial charge < -0.3 is 19.9 Å². The Morgan fingerprint density at radius 1 is 0.935 bits per heavy atom. The summed E-state index contributed by atoms with van der Waals surface area (Å²) in [7, 11) is 1.70. The standard InChI is InChI=1S/C26H31N3O2/c1-20(23-10-9-22-5-3-4-6-24(22)17-23)27-26(30)19-29-15-13-28(14-16-29)18-21-7-11-25(31-2)12-8-21/h3-12,17,20H,13-16,18-19H2,1-2H3,(H,27,30)/p+2/t20-/m1/s1. The van der Waals surface area contributed by atoms with Crippen LogP contribution in [0.15, 0.2) is 66.7 Å². The lowest BCUT2D eigenvalue weighted by Crippen LogP contribution is -3.28. The van der Waals surface area contributed by atoms with Gasteiger partial charge in [-0.25, -0.2) is 0 Å². The lowest BCUT2D eigenvalue weighted by molar-refractivity contribution is -1.02. The van der Waals surface area contributed by atoms with Crippen LogP contribution in [-0.4, -0.2) is 45.7 Å². The van der Waals surface area contributed by atoms with Crippen LogP contribution in [0.4, 0.5) is 0 Å². The monoisotopic (exact) mass is 419 g/mol. The summed E-state index contributed by atoms with van der Waals surface area (Å²) in [6.07, 6.45) is 0. The molecule has 0 spiro atoms. The van der Waals surface area contributed by atoms with Gasteiger partial charge in [0.2, 0.25) is 0 Å². The van der Waals surface area contributed by atoms with E-state index < -0.39 is 0 Å². The van der Waals surface area contributed by atoms with E-state index in [1.165, 1.54) is 21.2 Å². The molecule has 0 aromatic heterocycles. The highest BCUT2D eigenvalue weighted by Gasteiger charge is 2.25. The van der Waals surface area contributed by atoms with E-state index in [2.05, 4.69) is 66.8 Å². The number of ether oxygens (including phenoxy) is 1. The first-order chi connectivity index (χ1) is 15.1. The summed E-state index contributed by atoms with van der Waals surface area (Å²) < 4.78 is 5.24. The fourth-order valence-electron chi connectivity index (χ4n) is 4.42. The van der Waals surface area contributed by atoms with Crippen LogP contribution in [0.3, 0.4) is 0 Å².